The largest absolute Gasteiger partial charge is 0.424 e. The van der Waals surface area contributed by atoms with Crippen molar-refractivity contribution in [2.75, 3.05) is 11.9 Å². The number of nitrogens with zero attached hydrogens (tertiary/aromatic N) is 1. The highest BCUT2D eigenvalue weighted by atomic mass is 16.5. The van der Waals surface area contributed by atoms with E-state index in [2.05, 4.69) is 15.6 Å². The fourth-order valence-corrected chi connectivity index (χ4v) is 2.92. The molecule has 31 heavy (non-hydrogen) atoms. The van der Waals surface area contributed by atoms with Gasteiger partial charge in [-0.1, -0.05) is 36.4 Å². The molecule has 0 bridgehead atoms. The second-order valence-corrected chi connectivity index (χ2v) is 6.57. The fourth-order valence-electron chi connectivity index (χ4n) is 2.92. The van der Waals surface area contributed by atoms with Crippen molar-refractivity contribution < 1.29 is 19.1 Å². The van der Waals surface area contributed by atoms with Gasteiger partial charge in [0.25, 0.3) is 5.91 Å². The fraction of sp³-hybridized carbons (Fsp3) is 0.0909. The number of fused-ring (bicyclic) bond motifs is 1. The van der Waals surface area contributed by atoms with Crippen LogP contribution in [0.5, 0.6) is 5.75 Å². The van der Waals surface area contributed by atoms with Crippen molar-refractivity contribution in [3.05, 3.63) is 66.2 Å². The van der Waals surface area contributed by atoms with Crippen LogP contribution in [0.15, 0.2) is 65.7 Å². The first-order valence-corrected chi connectivity index (χ1v) is 9.31. The van der Waals surface area contributed by atoms with Crippen molar-refractivity contribution in [1.29, 1.82) is 0 Å². The van der Waals surface area contributed by atoms with E-state index in [1.165, 1.54) is 13.0 Å². The summed E-state index contributed by atoms with van der Waals surface area (Å²) in [6.45, 7) is 0.988. The Balaban J connectivity index is 1.71. The van der Waals surface area contributed by atoms with E-state index >= 15 is 0 Å². The summed E-state index contributed by atoms with van der Waals surface area (Å²) in [5.41, 5.74) is 11.7. The van der Waals surface area contributed by atoms with Gasteiger partial charge in [0.1, 0.15) is 0 Å². The van der Waals surface area contributed by atoms with Crippen LogP contribution in [0.4, 0.5) is 11.4 Å². The molecule has 158 valence electrons. The first-order valence-electron chi connectivity index (χ1n) is 9.31. The number of esters is 1. The molecule has 0 spiro atoms. The SMILES string of the molecule is CC(=O)Oc1c(NC(=O)CNC(=O)c2cccc(N=C(N)N)c2)ccc2ccccc12. The highest BCUT2D eigenvalue weighted by Gasteiger charge is 2.15. The Morgan fingerprint density at radius 1 is 1.00 bits per heavy atom. The summed E-state index contributed by atoms with van der Waals surface area (Å²) >= 11 is 0. The summed E-state index contributed by atoms with van der Waals surface area (Å²) in [6.07, 6.45) is 0. The first kappa shape index (κ1) is 21.3. The van der Waals surface area contributed by atoms with E-state index in [9.17, 15) is 14.4 Å². The van der Waals surface area contributed by atoms with Gasteiger partial charge in [-0.25, -0.2) is 4.99 Å². The lowest BCUT2D eigenvalue weighted by atomic mass is 10.1. The lowest BCUT2D eigenvalue weighted by Gasteiger charge is -2.13. The maximum Gasteiger partial charge on any atom is 0.308 e. The van der Waals surface area contributed by atoms with Gasteiger partial charge in [0.05, 0.1) is 17.9 Å². The number of hydrogen-bond donors (Lipinski definition) is 4. The van der Waals surface area contributed by atoms with Crippen LogP contribution in [-0.2, 0) is 9.59 Å². The summed E-state index contributed by atoms with van der Waals surface area (Å²) in [5, 5.41) is 6.72. The number of hydrogen-bond acceptors (Lipinski definition) is 5. The minimum Gasteiger partial charge on any atom is -0.424 e. The van der Waals surface area contributed by atoms with Gasteiger partial charge in [0.2, 0.25) is 5.91 Å². The lowest BCUT2D eigenvalue weighted by molar-refractivity contribution is -0.131. The number of ether oxygens (including phenoxy) is 1. The Kier molecular flexibility index (Phi) is 6.46. The Labute approximate surface area is 178 Å². The molecule has 0 saturated carbocycles. The Bertz CT molecular complexity index is 1190. The van der Waals surface area contributed by atoms with Gasteiger partial charge >= 0.3 is 5.97 Å². The number of carbonyl (C=O) groups excluding carboxylic acids is 3. The number of carbonyl (C=O) groups is 3. The molecule has 0 heterocycles. The molecular weight excluding hydrogens is 398 g/mol. The van der Waals surface area contributed by atoms with Crippen molar-refractivity contribution in [2.45, 2.75) is 6.92 Å². The lowest BCUT2D eigenvalue weighted by Crippen LogP contribution is -2.33. The van der Waals surface area contributed by atoms with Crippen LogP contribution in [0.1, 0.15) is 17.3 Å². The van der Waals surface area contributed by atoms with Crippen LogP contribution in [0, 0.1) is 0 Å². The van der Waals surface area contributed by atoms with Gasteiger partial charge in [-0.15, -0.1) is 0 Å². The van der Waals surface area contributed by atoms with Crippen molar-refractivity contribution in [3.63, 3.8) is 0 Å². The quantitative estimate of drug-likeness (QED) is 0.208. The molecule has 0 aliphatic carbocycles. The average Bonchev–Trinajstić information content (AvgIpc) is 2.73. The van der Waals surface area contributed by atoms with Crippen LogP contribution in [0.3, 0.4) is 0 Å². The standard InChI is InChI=1S/C22H21N5O4/c1-13(28)31-20-17-8-3-2-5-14(17)9-10-18(20)27-19(29)12-25-21(30)15-6-4-7-16(11-15)26-22(23)24/h2-11H,12H2,1H3,(H,25,30)(H,27,29)(H4,23,24,26). The molecule has 0 atom stereocenters. The number of nitrogens with one attached hydrogen (secondary N) is 2. The monoisotopic (exact) mass is 419 g/mol. The summed E-state index contributed by atoms with van der Waals surface area (Å²) in [7, 11) is 0. The molecule has 6 N–H and O–H groups in total. The predicted molar refractivity (Wildman–Crippen MR) is 118 cm³/mol. The zero-order valence-electron chi connectivity index (χ0n) is 16.7. The highest BCUT2D eigenvalue weighted by molar-refractivity contribution is 6.03. The van der Waals surface area contributed by atoms with Gasteiger partial charge in [-0.3, -0.25) is 14.4 Å². The molecule has 2 amide bonds. The van der Waals surface area contributed by atoms with E-state index in [-0.39, 0.29) is 18.3 Å². The molecule has 0 saturated heterocycles. The van der Waals surface area contributed by atoms with Crippen LogP contribution < -0.4 is 26.8 Å². The average molecular weight is 419 g/mol. The molecule has 3 aromatic carbocycles. The predicted octanol–water partition coefficient (Wildman–Crippen LogP) is 2.04. The topological polar surface area (TPSA) is 149 Å². The minimum absolute atomic E-state index is 0.129. The van der Waals surface area contributed by atoms with E-state index in [0.717, 1.165) is 5.39 Å². The maximum absolute atomic E-state index is 12.4. The summed E-state index contributed by atoms with van der Waals surface area (Å²) in [6, 6.07) is 17.1. The van der Waals surface area contributed by atoms with Gasteiger partial charge in [0.15, 0.2) is 11.7 Å². The molecule has 3 rings (SSSR count). The van der Waals surface area contributed by atoms with E-state index in [0.29, 0.717) is 22.3 Å². The molecular formula is C22H21N5O4. The smallest absolute Gasteiger partial charge is 0.308 e. The minimum atomic E-state index is -0.513. The van der Waals surface area contributed by atoms with E-state index < -0.39 is 17.8 Å². The van der Waals surface area contributed by atoms with Crippen LogP contribution in [-0.4, -0.2) is 30.3 Å². The van der Waals surface area contributed by atoms with Crippen LogP contribution >= 0.6 is 0 Å². The van der Waals surface area contributed by atoms with Crippen LogP contribution in [0.25, 0.3) is 10.8 Å². The number of guanidine groups is 1. The molecule has 9 heteroatoms. The Morgan fingerprint density at radius 3 is 2.52 bits per heavy atom. The molecule has 0 fully saturated rings. The zero-order valence-corrected chi connectivity index (χ0v) is 16.7. The van der Waals surface area contributed by atoms with Crippen molar-refractivity contribution in [2.24, 2.45) is 16.5 Å². The Morgan fingerprint density at radius 2 is 1.77 bits per heavy atom. The van der Waals surface area contributed by atoms with Crippen molar-refractivity contribution >= 4 is 45.9 Å². The van der Waals surface area contributed by atoms with Gasteiger partial charge in [0, 0.05) is 17.9 Å². The first-order chi connectivity index (χ1) is 14.8. The molecule has 0 aromatic heterocycles. The maximum atomic E-state index is 12.4. The second-order valence-electron chi connectivity index (χ2n) is 6.57. The van der Waals surface area contributed by atoms with Gasteiger partial charge < -0.3 is 26.8 Å². The number of anilines is 1. The third kappa shape index (κ3) is 5.57. The zero-order chi connectivity index (χ0) is 22.4. The number of nitrogens with two attached hydrogens (primary N) is 2. The second kappa shape index (κ2) is 9.40. The molecule has 3 aromatic rings. The molecule has 0 aliphatic heterocycles. The number of benzene rings is 3. The van der Waals surface area contributed by atoms with Crippen LogP contribution in [0.2, 0.25) is 0 Å². The van der Waals surface area contributed by atoms with E-state index in [1.807, 2.05) is 12.1 Å². The van der Waals surface area contributed by atoms with E-state index in [1.54, 1.807) is 42.5 Å². The summed E-state index contributed by atoms with van der Waals surface area (Å²) < 4.78 is 5.33. The van der Waals surface area contributed by atoms with Gasteiger partial charge in [-0.2, -0.15) is 0 Å². The number of amides is 2. The number of rotatable bonds is 6. The highest BCUT2D eigenvalue weighted by Crippen LogP contribution is 2.34. The third-order valence-corrected chi connectivity index (χ3v) is 4.18. The third-order valence-electron chi connectivity index (χ3n) is 4.18. The normalized spacial score (nSPS) is 10.2. The van der Waals surface area contributed by atoms with E-state index in [4.69, 9.17) is 16.2 Å². The number of aliphatic imine (C=N–C) groups is 1. The van der Waals surface area contributed by atoms with Crippen molar-refractivity contribution in [3.8, 4) is 5.75 Å². The molecule has 9 nitrogen and oxygen atoms in total. The Hall–Kier alpha value is -4.40. The van der Waals surface area contributed by atoms with Crippen molar-refractivity contribution in [1.82, 2.24) is 5.32 Å². The molecule has 0 unspecified atom stereocenters. The van der Waals surface area contributed by atoms with Gasteiger partial charge in [-0.05, 0) is 29.7 Å². The summed E-state index contributed by atoms with van der Waals surface area (Å²) in [5.74, 6) is -1.36. The molecule has 0 aliphatic rings. The molecule has 0 radical (unpaired) electrons. The summed E-state index contributed by atoms with van der Waals surface area (Å²) in [4.78, 5) is 40.2.